The number of rotatable bonds is 4. The van der Waals surface area contributed by atoms with Crippen LogP contribution in [-0.4, -0.2) is 20.6 Å². The fourth-order valence-corrected chi connectivity index (χ4v) is 1.17. The van der Waals surface area contributed by atoms with Crippen molar-refractivity contribution in [1.82, 2.24) is 5.32 Å². The van der Waals surface area contributed by atoms with Crippen LogP contribution in [0.25, 0.3) is 0 Å². The van der Waals surface area contributed by atoms with E-state index >= 15 is 0 Å². The zero-order valence-corrected chi connectivity index (χ0v) is 8.55. The lowest BCUT2D eigenvalue weighted by atomic mass is 10.2. The number of hydrogen-bond donors (Lipinski definition) is 1. The summed E-state index contributed by atoms with van der Waals surface area (Å²) in [6.45, 7) is 4.63. The first-order valence-corrected chi connectivity index (χ1v) is 4.47. The molecule has 0 fully saturated rings. The topological polar surface area (TPSA) is 15.3 Å². The minimum atomic E-state index is -0.221. The van der Waals surface area contributed by atoms with E-state index in [1.807, 2.05) is 19.0 Å². The van der Waals surface area contributed by atoms with Crippen molar-refractivity contribution in [3.8, 4) is 0 Å². The van der Waals surface area contributed by atoms with Gasteiger partial charge in [-0.3, -0.25) is 0 Å². The highest BCUT2D eigenvalue weighted by Crippen LogP contribution is 2.16. The van der Waals surface area contributed by atoms with Crippen LogP contribution in [0, 0.1) is 5.82 Å². The maximum Gasteiger partial charge on any atom is 0.123 e. The first-order chi connectivity index (χ1) is 6.65. The normalized spacial score (nSPS) is 9.93. The molecule has 0 aliphatic carbocycles. The number of anilines is 1. The fourth-order valence-electron chi connectivity index (χ4n) is 1.17. The number of benzene rings is 1. The van der Waals surface area contributed by atoms with Crippen molar-refractivity contribution in [2.45, 2.75) is 0 Å². The Kier molecular flexibility index (Phi) is 3.65. The Morgan fingerprint density at radius 3 is 2.50 bits per heavy atom. The molecular formula is C11H15FN2. The zero-order chi connectivity index (χ0) is 10.6. The van der Waals surface area contributed by atoms with Gasteiger partial charge >= 0.3 is 0 Å². The molecule has 0 amide bonds. The van der Waals surface area contributed by atoms with Gasteiger partial charge in [0, 0.05) is 25.0 Å². The van der Waals surface area contributed by atoms with Crippen LogP contribution in [0.3, 0.4) is 0 Å². The molecular weight excluding hydrogens is 179 g/mol. The number of halogens is 1. The molecule has 0 aliphatic heterocycles. The second kappa shape index (κ2) is 4.77. The van der Waals surface area contributed by atoms with Crippen molar-refractivity contribution in [3.63, 3.8) is 0 Å². The number of likely N-dealkylation sites (N-methyl/N-ethyl adjacent to an activating group) is 2. The largest absolute Gasteiger partial charge is 0.347 e. The summed E-state index contributed by atoms with van der Waals surface area (Å²) in [6.07, 6.45) is 0. The van der Waals surface area contributed by atoms with Gasteiger partial charge < -0.3 is 10.2 Å². The summed E-state index contributed by atoms with van der Waals surface area (Å²) in [5, 5.41) is 3.01. The van der Waals surface area contributed by atoms with Crippen LogP contribution in [-0.2, 0) is 0 Å². The van der Waals surface area contributed by atoms with Gasteiger partial charge in [0.15, 0.2) is 0 Å². The Bertz CT molecular complexity index is 306. The molecule has 1 aromatic rings. The van der Waals surface area contributed by atoms with Crippen LogP contribution in [0.1, 0.15) is 0 Å². The van der Waals surface area contributed by atoms with Gasteiger partial charge in [0.05, 0.1) is 0 Å². The van der Waals surface area contributed by atoms with Crippen molar-refractivity contribution < 1.29 is 4.39 Å². The summed E-state index contributed by atoms with van der Waals surface area (Å²) in [5.41, 5.74) is 1.88. The van der Waals surface area contributed by atoms with Gasteiger partial charge in [-0.15, -0.1) is 0 Å². The van der Waals surface area contributed by atoms with Gasteiger partial charge in [-0.2, -0.15) is 0 Å². The van der Waals surface area contributed by atoms with Crippen LogP contribution >= 0.6 is 0 Å². The fraction of sp³-hybridized carbons (Fsp3) is 0.273. The molecule has 0 atom stereocenters. The molecule has 1 rings (SSSR count). The predicted molar refractivity (Wildman–Crippen MR) is 57.9 cm³/mol. The van der Waals surface area contributed by atoms with E-state index in [1.165, 1.54) is 12.1 Å². The van der Waals surface area contributed by atoms with Crippen LogP contribution < -0.4 is 10.2 Å². The second-order valence-corrected chi connectivity index (χ2v) is 3.13. The second-order valence-electron chi connectivity index (χ2n) is 3.13. The third-order valence-corrected chi connectivity index (χ3v) is 2.07. The van der Waals surface area contributed by atoms with Crippen molar-refractivity contribution in [2.24, 2.45) is 0 Å². The molecule has 0 saturated carbocycles. The maximum atomic E-state index is 12.6. The molecule has 76 valence electrons. The SMILES string of the molecule is C=C(CNC)N(C)c1ccc(F)cc1. The van der Waals surface area contributed by atoms with Gasteiger partial charge in [-0.25, -0.2) is 4.39 Å². The van der Waals surface area contributed by atoms with Crippen molar-refractivity contribution in [3.05, 3.63) is 42.4 Å². The smallest absolute Gasteiger partial charge is 0.123 e. The highest BCUT2D eigenvalue weighted by Gasteiger charge is 2.03. The van der Waals surface area contributed by atoms with Crippen LogP contribution in [0.5, 0.6) is 0 Å². The lowest BCUT2D eigenvalue weighted by Crippen LogP contribution is -2.23. The van der Waals surface area contributed by atoms with Gasteiger partial charge in [-0.05, 0) is 31.3 Å². The van der Waals surface area contributed by atoms with E-state index in [-0.39, 0.29) is 5.82 Å². The average molecular weight is 194 g/mol. The molecule has 0 saturated heterocycles. The van der Waals surface area contributed by atoms with Crippen LogP contribution in [0.4, 0.5) is 10.1 Å². The average Bonchev–Trinajstić information content (AvgIpc) is 2.18. The van der Waals surface area contributed by atoms with E-state index in [9.17, 15) is 4.39 Å². The third kappa shape index (κ3) is 2.57. The standard InChI is InChI=1S/C11H15FN2/c1-9(8-13-2)14(3)11-6-4-10(12)5-7-11/h4-7,13H,1,8H2,2-3H3. The summed E-state index contributed by atoms with van der Waals surface area (Å²) >= 11 is 0. The highest BCUT2D eigenvalue weighted by atomic mass is 19.1. The minimum Gasteiger partial charge on any atom is -0.347 e. The third-order valence-electron chi connectivity index (χ3n) is 2.07. The number of nitrogens with one attached hydrogen (secondary N) is 1. The van der Waals surface area contributed by atoms with E-state index in [0.717, 1.165) is 11.4 Å². The Hall–Kier alpha value is -1.35. The molecule has 0 heterocycles. The lowest BCUT2D eigenvalue weighted by Gasteiger charge is -2.21. The summed E-state index contributed by atoms with van der Waals surface area (Å²) < 4.78 is 12.6. The lowest BCUT2D eigenvalue weighted by molar-refractivity contribution is 0.628. The molecule has 0 radical (unpaired) electrons. The highest BCUT2D eigenvalue weighted by molar-refractivity contribution is 5.50. The van der Waals surface area contributed by atoms with E-state index in [4.69, 9.17) is 0 Å². The quantitative estimate of drug-likeness (QED) is 0.788. The van der Waals surface area contributed by atoms with E-state index < -0.39 is 0 Å². The predicted octanol–water partition coefficient (Wildman–Crippen LogP) is 1.99. The van der Waals surface area contributed by atoms with Crippen LogP contribution in [0.15, 0.2) is 36.5 Å². The Labute approximate surface area is 84.0 Å². The van der Waals surface area contributed by atoms with E-state index in [1.54, 1.807) is 12.1 Å². The Morgan fingerprint density at radius 1 is 1.43 bits per heavy atom. The monoisotopic (exact) mass is 194 g/mol. The van der Waals surface area contributed by atoms with Gasteiger partial charge in [0.1, 0.15) is 5.82 Å². The number of hydrogen-bond acceptors (Lipinski definition) is 2. The van der Waals surface area contributed by atoms with Crippen molar-refractivity contribution in [2.75, 3.05) is 25.5 Å². The maximum absolute atomic E-state index is 12.6. The van der Waals surface area contributed by atoms with E-state index in [2.05, 4.69) is 11.9 Å². The molecule has 0 spiro atoms. The number of nitrogens with zero attached hydrogens (tertiary/aromatic N) is 1. The van der Waals surface area contributed by atoms with Crippen LogP contribution in [0.2, 0.25) is 0 Å². The molecule has 0 unspecified atom stereocenters. The summed E-state index contributed by atoms with van der Waals surface area (Å²) in [5.74, 6) is -0.221. The molecule has 0 aromatic heterocycles. The first-order valence-electron chi connectivity index (χ1n) is 4.47. The van der Waals surface area contributed by atoms with Gasteiger partial charge in [0.2, 0.25) is 0 Å². The minimum absolute atomic E-state index is 0.221. The molecule has 14 heavy (non-hydrogen) atoms. The Morgan fingerprint density at radius 2 is 2.00 bits per heavy atom. The van der Waals surface area contributed by atoms with Gasteiger partial charge in [0.25, 0.3) is 0 Å². The summed E-state index contributed by atoms with van der Waals surface area (Å²) in [4.78, 5) is 1.93. The molecule has 1 N–H and O–H groups in total. The van der Waals surface area contributed by atoms with Crippen molar-refractivity contribution in [1.29, 1.82) is 0 Å². The van der Waals surface area contributed by atoms with Crippen molar-refractivity contribution >= 4 is 5.69 Å². The molecule has 0 aliphatic rings. The first kappa shape index (κ1) is 10.7. The molecule has 0 bridgehead atoms. The summed E-state index contributed by atoms with van der Waals surface area (Å²) in [7, 11) is 3.77. The molecule has 1 aromatic carbocycles. The van der Waals surface area contributed by atoms with Gasteiger partial charge in [-0.1, -0.05) is 6.58 Å². The molecule has 3 heteroatoms. The zero-order valence-electron chi connectivity index (χ0n) is 8.55. The molecule has 2 nitrogen and oxygen atoms in total. The van der Waals surface area contributed by atoms with E-state index in [0.29, 0.717) is 6.54 Å². The Balaban J connectivity index is 2.73. The summed E-state index contributed by atoms with van der Waals surface area (Å²) in [6, 6.07) is 6.35.